The summed E-state index contributed by atoms with van der Waals surface area (Å²) in [6, 6.07) is 15.4. The zero-order chi connectivity index (χ0) is 17.2. The van der Waals surface area contributed by atoms with Gasteiger partial charge in [-0.3, -0.25) is 4.90 Å². The Kier molecular flexibility index (Phi) is 4.38. The Labute approximate surface area is 151 Å². The highest BCUT2D eigenvalue weighted by Crippen LogP contribution is 2.29. The third-order valence-corrected chi connectivity index (χ3v) is 4.93. The van der Waals surface area contributed by atoms with Gasteiger partial charge in [0.1, 0.15) is 5.75 Å². The van der Waals surface area contributed by atoms with Crippen LogP contribution in [0.2, 0.25) is 5.02 Å². The van der Waals surface area contributed by atoms with Gasteiger partial charge in [0.15, 0.2) is 5.82 Å². The molecule has 3 aromatic rings. The SMILES string of the molecule is Oc1cccc(CN2CCc3nc(-c4ccccc4)ncc3C2)c1Cl. The van der Waals surface area contributed by atoms with Crippen LogP contribution >= 0.6 is 11.6 Å². The minimum absolute atomic E-state index is 0.132. The van der Waals surface area contributed by atoms with Crippen LogP contribution in [0.25, 0.3) is 11.4 Å². The van der Waals surface area contributed by atoms with Crippen LogP contribution in [0.15, 0.2) is 54.7 Å². The fraction of sp³-hybridized carbons (Fsp3) is 0.200. The lowest BCUT2D eigenvalue weighted by Gasteiger charge is -2.28. The zero-order valence-electron chi connectivity index (χ0n) is 13.7. The first-order valence-corrected chi connectivity index (χ1v) is 8.67. The second-order valence-corrected chi connectivity index (χ2v) is 6.62. The molecule has 0 saturated carbocycles. The maximum absolute atomic E-state index is 9.76. The van der Waals surface area contributed by atoms with Crippen molar-refractivity contribution in [3.8, 4) is 17.1 Å². The van der Waals surface area contributed by atoms with E-state index in [1.807, 2.05) is 48.7 Å². The monoisotopic (exact) mass is 351 g/mol. The molecular weight excluding hydrogens is 334 g/mol. The fourth-order valence-electron chi connectivity index (χ4n) is 3.17. The van der Waals surface area contributed by atoms with Crippen LogP contribution < -0.4 is 0 Å². The van der Waals surface area contributed by atoms with Crippen LogP contribution in [0, 0.1) is 0 Å². The summed E-state index contributed by atoms with van der Waals surface area (Å²) in [5, 5.41) is 10.2. The molecule has 5 heteroatoms. The van der Waals surface area contributed by atoms with Crippen molar-refractivity contribution in [2.45, 2.75) is 19.5 Å². The number of rotatable bonds is 3. The van der Waals surface area contributed by atoms with E-state index in [4.69, 9.17) is 16.6 Å². The summed E-state index contributed by atoms with van der Waals surface area (Å²) in [5.41, 5.74) is 4.25. The standard InChI is InChI=1S/C20H18ClN3O/c21-19-15(7-4-8-18(19)25)12-24-10-9-17-16(13-24)11-22-20(23-17)14-5-2-1-3-6-14/h1-8,11,25H,9-10,12-13H2. The number of nitrogens with zero attached hydrogens (tertiary/aromatic N) is 3. The molecule has 0 aliphatic carbocycles. The molecule has 2 heterocycles. The summed E-state index contributed by atoms with van der Waals surface area (Å²) in [6.07, 6.45) is 2.81. The third kappa shape index (κ3) is 3.36. The molecule has 0 spiro atoms. The van der Waals surface area contributed by atoms with Gasteiger partial charge in [-0.15, -0.1) is 0 Å². The molecule has 1 aliphatic heterocycles. The van der Waals surface area contributed by atoms with Crippen molar-refractivity contribution in [1.82, 2.24) is 14.9 Å². The second-order valence-electron chi connectivity index (χ2n) is 6.24. The molecule has 0 amide bonds. The van der Waals surface area contributed by atoms with Gasteiger partial charge in [0.25, 0.3) is 0 Å². The number of aromatic hydroxyl groups is 1. The van der Waals surface area contributed by atoms with E-state index >= 15 is 0 Å². The van der Waals surface area contributed by atoms with Gasteiger partial charge in [0.2, 0.25) is 0 Å². The summed E-state index contributed by atoms with van der Waals surface area (Å²) in [4.78, 5) is 11.6. The summed E-state index contributed by atoms with van der Waals surface area (Å²) < 4.78 is 0. The molecule has 126 valence electrons. The van der Waals surface area contributed by atoms with Crippen molar-refractivity contribution in [1.29, 1.82) is 0 Å². The first kappa shape index (κ1) is 16.1. The van der Waals surface area contributed by atoms with Crippen LogP contribution in [0.5, 0.6) is 5.75 Å². The Morgan fingerprint density at radius 2 is 1.92 bits per heavy atom. The number of hydrogen-bond acceptors (Lipinski definition) is 4. The predicted octanol–water partition coefficient (Wildman–Crippen LogP) is 4.06. The molecular formula is C20H18ClN3O. The third-order valence-electron chi connectivity index (χ3n) is 4.50. The van der Waals surface area contributed by atoms with Gasteiger partial charge in [0, 0.05) is 43.4 Å². The van der Waals surface area contributed by atoms with E-state index in [0.29, 0.717) is 11.6 Å². The number of hydrogen-bond donors (Lipinski definition) is 1. The number of phenols is 1. The van der Waals surface area contributed by atoms with Crippen LogP contribution in [-0.4, -0.2) is 26.5 Å². The Balaban J connectivity index is 1.53. The van der Waals surface area contributed by atoms with Gasteiger partial charge in [-0.2, -0.15) is 0 Å². The van der Waals surface area contributed by atoms with E-state index in [1.54, 1.807) is 6.07 Å². The van der Waals surface area contributed by atoms with E-state index in [2.05, 4.69) is 9.88 Å². The highest BCUT2D eigenvalue weighted by molar-refractivity contribution is 6.32. The summed E-state index contributed by atoms with van der Waals surface area (Å²) >= 11 is 6.20. The molecule has 0 radical (unpaired) electrons. The average Bonchev–Trinajstić information content (AvgIpc) is 2.66. The number of halogens is 1. The van der Waals surface area contributed by atoms with Gasteiger partial charge < -0.3 is 5.11 Å². The molecule has 4 nitrogen and oxygen atoms in total. The summed E-state index contributed by atoms with van der Waals surface area (Å²) in [6.45, 7) is 2.40. The number of benzene rings is 2. The Morgan fingerprint density at radius 3 is 2.76 bits per heavy atom. The van der Waals surface area contributed by atoms with Crippen molar-refractivity contribution >= 4 is 11.6 Å². The maximum Gasteiger partial charge on any atom is 0.159 e. The molecule has 2 aromatic carbocycles. The van der Waals surface area contributed by atoms with Crippen molar-refractivity contribution in [3.63, 3.8) is 0 Å². The van der Waals surface area contributed by atoms with E-state index < -0.39 is 0 Å². The largest absolute Gasteiger partial charge is 0.506 e. The zero-order valence-corrected chi connectivity index (χ0v) is 14.4. The van der Waals surface area contributed by atoms with E-state index in [0.717, 1.165) is 47.7 Å². The minimum Gasteiger partial charge on any atom is -0.506 e. The molecule has 0 bridgehead atoms. The molecule has 1 aliphatic rings. The van der Waals surface area contributed by atoms with E-state index in [1.165, 1.54) is 0 Å². The number of aromatic nitrogens is 2. The lowest BCUT2D eigenvalue weighted by atomic mass is 10.1. The van der Waals surface area contributed by atoms with Gasteiger partial charge in [-0.1, -0.05) is 54.1 Å². The lowest BCUT2D eigenvalue weighted by Crippen LogP contribution is -2.31. The quantitative estimate of drug-likeness (QED) is 0.773. The molecule has 0 saturated heterocycles. The maximum atomic E-state index is 9.76. The molecule has 1 N–H and O–H groups in total. The minimum atomic E-state index is 0.132. The fourth-order valence-corrected chi connectivity index (χ4v) is 3.35. The van der Waals surface area contributed by atoms with Crippen LogP contribution in [-0.2, 0) is 19.5 Å². The normalized spacial score (nSPS) is 14.3. The molecule has 0 unspecified atom stereocenters. The summed E-state index contributed by atoms with van der Waals surface area (Å²) in [7, 11) is 0. The molecule has 25 heavy (non-hydrogen) atoms. The molecule has 0 atom stereocenters. The molecule has 0 fully saturated rings. The van der Waals surface area contributed by atoms with Gasteiger partial charge in [-0.05, 0) is 11.6 Å². The Bertz CT molecular complexity index is 899. The topological polar surface area (TPSA) is 49.2 Å². The van der Waals surface area contributed by atoms with E-state index in [-0.39, 0.29) is 5.75 Å². The highest BCUT2D eigenvalue weighted by atomic mass is 35.5. The Hall–Kier alpha value is -2.43. The second kappa shape index (κ2) is 6.82. The van der Waals surface area contributed by atoms with Crippen LogP contribution in [0.1, 0.15) is 16.8 Å². The number of fused-ring (bicyclic) bond motifs is 1. The molecule has 4 rings (SSSR count). The Morgan fingerprint density at radius 1 is 1.08 bits per heavy atom. The first-order chi connectivity index (χ1) is 12.2. The van der Waals surface area contributed by atoms with Crippen molar-refractivity contribution in [3.05, 3.63) is 76.6 Å². The van der Waals surface area contributed by atoms with Crippen molar-refractivity contribution in [2.75, 3.05) is 6.54 Å². The number of phenolic OH excluding ortho intramolecular Hbond substituents is 1. The van der Waals surface area contributed by atoms with Crippen molar-refractivity contribution in [2.24, 2.45) is 0 Å². The lowest BCUT2D eigenvalue weighted by molar-refractivity contribution is 0.242. The van der Waals surface area contributed by atoms with Crippen molar-refractivity contribution < 1.29 is 5.11 Å². The van der Waals surface area contributed by atoms with Gasteiger partial charge in [0.05, 0.1) is 10.7 Å². The first-order valence-electron chi connectivity index (χ1n) is 8.29. The summed E-state index contributed by atoms with van der Waals surface area (Å²) in [5.74, 6) is 0.913. The predicted molar refractivity (Wildman–Crippen MR) is 98.4 cm³/mol. The van der Waals surface area contributed by atoms with Gasteiger partial charge >= 0.3 is 0 Å². The average molecular weight is 352 g/mol. The van der Waals surface area contributed by atoms with Gasteiger partial charge in [-0.25, -0.2) is 9.97 Å². The molecule has 1 aromatic heterocycles. The smallest absolute Gasteiger partial charge is 0.159 e. The van der Waals surface area contributed by atoms with E-state index in [9.17, 15) is 5.11 Å². The van der Waals surface area contributed by atoms with Crippen LogP contribution in [0.3, 0.4) is 0 Å². The van der Waals surface area contributed by atoms with Crippen LogP contribution in [0.4, 0.5) is 0 Å². The highest BCUT2D eigenvalue weighted by Gasteiger charge is 2.20.